The SMILES string of the molecule is Nc1cc(=O)n(NC(=O)Nc2ccc(C(=O)N[C@@H](CCC(=O)N[C@H](CCC(=O)O)C(=O)O)C(=O)O)nc2)c(N)n1. The Hall–Kier alpha value is -5.75. The lowest BCUT2D eigenvalue weighted by molar-refractivity contribution is -0.143. The number of amides is 4. The second-order valence-corrected chi connectivity index (χ2v) is 8.00. The second kappa shape index (κ2) is 13.7. The highest BCUT2D eigenvalue weighted by molar-refractivity contribution is 5.97. The Morgan fingerprint density at radius 1 is 0.925 bits per heavy atom. The van der Waals surface area contributed by atoms with Crippen molar-refractivity contribution in [1.29, 1.82) is 0 Å². The van der Waals surface area contributed by atoms with Crippen LogP contribution in [0.2, 0.25) is 0 Å². The molecule has 0 saturated carbocycles. The maximum absolute atomic E-state index is 12.5. The molecular weight excluding hydrogens is 538 g/mol. The van der Waals surface area contributed by atoms with Gasteiger partial charge in [0, 0.05) is 18.9 Å². The van der Waals surface area contributed by atoms with Crippen molar-refractivity contribution in [1.82, 2.24) is 25.3 Å². The molecule has 214 valence electrons. The third kappa shape index (κ3) is 9.28. The van der Waals surface area contributed by atoms with Gasteiger partial charge in [-0.05, 0) is 25.0 Å². The van der Waals surface area contributed by atoms with E-state index in [0.29, 0.717) is 4.68 Å². The summed E-state index contributed by atoms with van der Waals surface area (Å²) in [6, 6.07) is -0.623. The summed E-state index contributed by atoms with van der Waals surface area (Å²) < 4.78 is 0.630. The van der Waals surface area contributed by atoms with Crippen LogP contribution in [0.4, 0.5) is 22.2 Å². The molecule has 2 aromatic heterocycles. The van der Waals surface area contributed by atoms with Gasteiger partial charge in [0.2, 0.25) is 11.9 Å². The van der Waals surface area contributed by atoms with Crippen LogP contribution in [-0.4, -0.2) is 77.8 Å². The highest BCUT2D eigenvalue weighted by Gasteiger charge is 2.25. The van der Waals surface area contributed by atoms with Gasteiger partial charge in [0.05, 0.1) is 11.9 Å². The summed E-state index contributed by atoms with van der Waals surface area (Å²) in [5, 5.41) is 33.7. The number of nitrogens with zero attached hydrogens (tertiary/aromatic N) is 3. The number of carbonyl (C=O) groups excluding carboxylic acids is 3. The highest BCUT2D eigenvalue weighted by atomic mass is 16.4. The van der Waals surface area contributed by atoms with E-state index >= 15 is 0 Å². The van der Waals surface area contributed by atoms with E-state index in [4.69, 9.17) is 21.7 Å². The molecule has 0 aromatic carbocycles. The molecule has 2 rings (SSSR count). The monoisotopic (exact) mass is 563 g/mol. The fourth-order valence-corrected chi connectivity index (χ4v) is 3.05. The van der Waals surface area contributed by atoms with E-state index in [1.54, 1.807) is 0 Å². The Labute approximate surface area is 223 Å². The number of carboxylic acids is 3. The zero-order valence-electron chi connectivity index (χ0n) is 20.5. The number of carbonyl (C=O) groups is 6. The number of urea groups is 1. The van der Waals surface area contributed by atoms with E-state index in [2.05, 4.69) is 31.3 Å². The van der Waals surface area contributed by atoms with Crippen LogP contribution in [0.15, 0.2) is 29.2 Å². The van der Waals surface area contributed by atoms with Crippen molar-refractivity contribution >= 4 is 53.2 Å². The summed E-state index contributed by atoms with van der Waals surface area (Å²) in [4.78, 5) is 89.4. The van der Waals surface area contributed by atoms with Crippen LogP contribution in [0.3, 0.4) is 0 Å². The van der Waals surface area contributed by atoms with Crippen LogP contribution in [0.25, 0.3) is 0 Å². The van der Waals surface area contributed by atoms with Crippen molar-refractivity contribution in [3.8, 4) is 0 Å². The minimum atomic E-state index is -1.55. The maximum Gasteiger partial charge on any atom is 0.338 e. The molecule has 0 spiro atoms. The minimum Gasteiger partial charge on any atom is -0.481 e. The Morgan fingerprint density at radius 3 is 2.10 bits per heavy atom. The molecule has 0 aliphatic heterocycles. The van der Waals surface area contributed by atoms with Crippen molar-refractivity contribution in [2.75, 3.05) is 22.2 Å². The smallest absolute Gasteiger partial charge is 0.338 e. The fraction of sp³-hybridized carbons (Fsp3) is 0.286. The Kier molecular flexibility index (Phi) is 10.4. The molecule has 4 amide bonds. The van der Waals surface area contributed by atoms with E-state index in [-0.39, 0.29) is 29.6 Å². The third-order valence-corrected chi connectivity index (χ3v) is 4.98. The molecule has 0 aliphatic rings. The first-order valence-corrected chi connectivity index (χ1v) is 11.2. The number of aliphatic carboxylic acids is 3. The van der Waals surface area contributed by atoms with Crippen molar-refractivity contribution in [2.24, 2.45) is 0 Å². The minimum absolute atomic E-state index is 0.0754. The molecule has 19 heteroatoms. The average Bonchev–Trinajstić information content (AvgIpc) is 2.86. The van der Waals surface area contributed by atoms with E-state index in [9.17, 15) is 38.7 Å². The molecule has 0 fully saturated rings. The standard InChI is InChI=1S/C21H25N9O10/c22-13-7-15(32)30(20(23)28-13)29-21(40)25-9-1-2-10(24-8-9)17(35)27-12(19(38)39)3-5-14(31)26-11(18(36)37)4-6-16(33)34/h1-2,7-8,11-12H,3-6,22H2,(H2,23,28)(H,26,31)(H,27,35)(H,33,34)(H,36,37)(H,38,39)(H2,25,29,40)/t11-,12+/m1/s1. The lowest BCUT2D eigenvalue weighted by Gasteiger charge is -2.16. The molecule has 2 atom stereocenters. The average molecular weight is 563 g/mol. The van der Waals surface area contributed by atoms with Gasteiger partial charge in [-0.3, -0.25) is 19.2 Å². The molecule has 0 unspecified atom stereocenters. The number of aromatic nitrogens is 3. The highest BCUT2D eigenvalue weighted by Crippen LogP contribution is 2.08. The zero-order chi connectivity index (χ0) is 30.0. The van der Waals surface area contributed by atoms with Crippen molar-refractivity contribution < 1.29 is 44.1 Å². The predicted octanol–water partition coefficient (Wildman–Crippen LogP) is -2.02. The first-order valence-electron chi connectivity index (χ1n) is 11.2. The fourth-order valence-electron chi connectivity index (χ4n) is 3.05. The molecule has 11 N–H and O–H groups in total. The van der Waals surface area contributed by atoms with Crippen LogP contribution in [0, 0.1) is 0 Å². The lowest BCUT2D eigenvalue weighted by Crippen LogP contribution is -2.44. The summed E-state index contributed by atoms with van der Waals surface area (Å²) in [6.45, 7) is 0. The maximum atomic E-state index is 12.5. The van der Waals surface area contributed by atoms with E-state index in [1.165, 1.54) is 6.07 Å². The summed E-state index contributed by atoms with van der Waals surface area (Å²) in [5.74, 6) is -6.51. The summed E-state index contributed by atoms with van der Waals surface area (Å²) in [5.41, 5.74) is 12.1. The summed E-state index contributed by atoms with van der Waals surface area (Å²) >= 11 is 0. The number of nitrogen functional groups attached to an aromatic ring is 2. The number of anilines is 3. The van der Waals surface area contributed by atoms with Gasteiger partial charge in [-0.1, -0.05) is 0 Å². The molecule has 2 heterocycles. The number of nitrogens with two attached hydrogens (primary N) is 2. The lowest BCUT2D eigenvalue weighted by atomic mass is 10.1. The number of nitrogens with one attached hydrogen (secondary N) is 4. The first kappa shape index (κ1) is 30.5. The number of carboxylic acid groups (broad SMARTS) is 3. The van der Waals surface area contributed by atoms with Gasteiger partial charge in [0.25, 0.3) is 11.5 Å². The van der Waals surface area contributed by atoms with Crippen LogP contribution in [-0.2, 0) is 19.2 Å². The molecule has 2 aromatic rings. The molecule has 0 aliphatic carbocycles. The van der Waals surface area contributed by atoms with Crippen LogP contribution in [0.5, 0.6) is 0 Å². The topological polar surface area (TPSA) is 311 Å². The number of pyridine rings is 1. The van der Waals surface area contributed by atoms with Gasteiger partial charge in [0.1, 0.15) is 23.6 Å². The van der Waals surface area contributed by atoms with E-state index < -0.39 is 72.7 Å². The normalized spacial score (nSPS) is 11.9. The van der Waals surface area contributed by atoms with Crippen molar-refractivity contribution in [3.05, 3.63) is 40.4 Å². The van der Waals surface area contributed by atoms with Crippen LogP contribution in [0.1, 0.15) is 36.2 Å². The zero-order valence-corrected chi connectivity index (χ0v) is 20.5. The first-order chi connectivity index (χ1) is 18.8. The molecule has 0 bridgehead atoms. The third-order valence-electron chi connectivity index (χ3n) is 4.98. The van der Waals surface area contributed by atoms with Gasteiger partial charge < -0.3 is 42.7 Å². The van der Waals surface area contributed by atoms with Gasteiger partial charge in [-0.15, -0.1) is 0 Å². The molecule has 40 heavy (non-hydrogen) atoms. The Balaban J connectivity index is 1.93. The molecule has 19 nitrogen and oxygen atoms in total. The van der Waals surface area contributed by atoms with E-state index in [0.717, 1.165) is 18.3 Å². The quantitative estimate of drug-likeness (QED) is 0.127. The predicted molar refractivity (Wildman–Crippen MR) is 134 cm³/mol. The Morgan fingerprint density at radius 2 is 1.55 bits per heavy atom. The van der Waals surface area contributed by atoms with Crippen LogP contribution >= 0.6 is 0 Å². The van der Waals surface area contributed by atoms with Gasteiger partial charge in [-0.2, -0.15) is 9.66 Å². The van der Waals surface area contributed by atoms with Crippen molar-refractivity contribution in [2.45, 2.75) is 37.8 Å². The van der Waals surface area contributed by atoms with Gasteiger partial charge >= 0.3 is 23.9 Å². The number of hydrogen-bond donors (Lipinski definition) is 9. The number of hydrogen-bond acceptors (Lipinski definition) is 11. The molecule has 0 radical (unpaired) electrons. The second-order valence-electron chi connectivity index (χ2n) is 8.00. The summed E-state index contributed by atoms with van der Waals surface area (Å²) in [7, 11) is 0. The number of rotatable bonds is 13. The molecule has 0 saturated heterocycles. The molecular formula is C21H25N9O10. The van der Waals surface area contributed by atoms with Gasteiger partial charge in [0.15, 0.2) is 0 Å². The van der Waals surface area contributed by atoms with Crippen LogP contribution < -0.4 is 38.4 Å². The van der Waals surface area contributed by atoms with Gasteiger partial charge in [-0.25, -0.2) is 24.8 Å². The Bertz CT molecular complexity index is 1360. The van der Waals surface area contributed by atoms with E-state index in [1.807, 2.05) is 0 Å². The van der Waals surface area contributed by atoms with Crippen molar-refractivity contribution in [3.63, 3.8) is 0 Å². The largest absolute Gasteiger partial charge is 0.481 e. The summed E-state index contributed by atoms with van der Waals surface area (Å²) in [6.07, 6.45) is -0.726.